The first-order chi connectivity index (χ1) is 10.7. The van der Waals surface area contributed by atoms with E-state index < -0.39 is 0 Å². The van der Waals surface area contributed by atoms with Crippen molar-refractivity contribution in [1.82, 2.24) is 4.57 Å². The van der Waals surface area contributed by atoms with Crippen molar-refractivity contribution in [1.29, 1.82) is 0 Å². The minimum Gasteiger partial charge on any atom is -0.452 e. The van der Waals surface area contributed by atoms with Crippen LogP contribution in [0.1, 0.15) is 31.0 Å². The third-order valence-electron chi connectivity index (χ3n) is 3.79. The summed E-state index contributed by atoms with van der Waals surface area (Å²) in [6.07, 6.45) is 7.44. The minimum atomic E-state index is -0.324. The lowest BCUT2D eigenvalue weighted by Gasteiger charge is -2.09. The smallest absolute Gasteiger partial charge is 0.418 e. The molecular weight excluding hydrogens is 298 g/mol. The number of hydrogen-bond donors (Lipinski definition) is 0. The summed E-state index contributed by atoms with van der Waals surface area (Å²) in [6, 6.07) is 7.98. The first kappa shape index (κ1) is 16.6. The van der Waals surface area contributed by atoms with E-state index in [-0.39, 0.29) is 6.09 Å². The Bertz CT molecular complexity index is 673. The van der Waals surface area contributed by atoms with Gasteiger partial charge >= 0.3 is 6.09 Å². The van der Waals surface area contributed by atoms with Gasteiger partial charge in [0, 0.05) is 17.0 Å². The van der Waals surface area contributed by atoms with Crippen molar-refractivity contribution < 1.29 is 9.53 Å². The number of fused-ring (bicyclic) bond motifs is 1. The van der Waals surface area contributed by atoms with E-state index in [1.54, 1.807) is 4.57 Å². The molecule has 1 aromatic carbocycles. The maximum absolute atomic E-state index is 12.3. The lowest BCUT2D eigenvalue weighted by molar-refractivity contribution is 0.173. The van der Waals surface area contributed by atoms with Crippen LogP contribution in [-0.4, -0.2) is 23.7 Å². The molecule has 1 heterocycles. The summed E-state index contributed by atoms with van der Waals surface area (Å²) in [7, 11) is 1.42. The third-order valence-corrected chi connectivity index (χ3v) is 3.97. The van der Waals surface area contributed by atoms with E-state index in [0.717, 1.165) is 42.3 Å². The van der Waals surface area contributed by atoms with Gasteiger partial charge in [0.25, 0.3) is 0 Å². The molecule has 0 bridgehead atoms. The number of halogens is 1. The number of para-hydroxylation sites is 1. The molecule has 0 unspecified atom stereocenters. The van der Waals surface area contributed by atoms with E-state index in [2.05, 4.69) is 19.1 Å². The Morgan fingerprint density at radius 3 is 2.77 bits per heavy atom. The largest absolute Gasteiger partial charge is 0.452 e. The van der Waals surface area contributed by atoms with E-state index in [0.29, 0.717) is 5.88 Å². The summed E-state index contributed by atoms with van der Waals surface area (Å²) in [5.74, 6) is 0.500. The van der Waals surface area contributed by atoms with Crippen molar-refractivity contribution >= 4 is 28.6 Å². The average molecular weight is 320 g/mol. The summed E-state index contributed by atoms with van der Waals surface area (Å²) in [5.41, 5.74) is 3.15. The van der Waals surface area contributed by atoms with Gasteiger partial charge in [-0.05, 0) is 30.9 Å². The number of unbranched alkanes of at least 4 members (excludes halogenated alkanes) is 1. The Balaban J connectivity index is 2.62. The lowest BCUT2D eigenvalue weighted by atomic mass is 10.0. The van der Waals surface area contributed by atoms with Crippen LogP contribution < -0.4 is 0 Å². The van der Waals surface area contributed by atoms with Crippen molar-refractivity contribution in [2.75, 3.05) is 13.0 Å². The Morgan fingerprint density at radius 1 is 1.32 bits per heavy atom. The van der Waals surface area contributed by atoms with E-state index in [9.17, 15) is 4.79 Å². The molecule has 1 aromatic heterocycles. The number of aromatic nitrogens is 1. The molecule has 0 spiro atoms. The highest BCUT2D eigenvalue weighted by Crippen LogP contribution is 2.28. The standard InChI is InChI=1S/C18H22ClNO2/c1-3-4-11-16-15(10-7-8-13-19)14-9-5-6-12-17(14)20(16)18(21)22-2/h5-9,12H,3-4,10-11,13H2,1-2H3/b8-7+. The Labute approximate surface area is 136 Å². The second kappa shape index (κ2) is 8.04. The zero-order valence-electron chi connectivity index (χ0n) is 13.1. The first-order valence-electron chi connectivity index (χ1n) is 7.65. The monoisotopic (exact) mass is 319 g/mol. The maximum Gasteiger partial charge on any atom is 0.418 e. The summed E-state index contributed by atoms with van der Waals surface area (Å²) in [5, 5.41) is 1.11. The second-order valence-electron chi connectivity index (χ2n) is 5.18. The Morgan fingerprint density at radius 2 is 2.09 bits per heavy atom. The highest BCUT2D eigenvalue weighted by Gasteiger charge is 2.20. The summed E-state index contributed by atoms with van der Waals surface area (Å²) in [4.78, 5) is 12.3. The quantitative estimate of drug-likeness (QED) is 0.558. The number of rotatable bonds is 6. The van der Waals surface area contributed by atoms with Crippen LogP contribution in [0.2, 0.25) is 0 Å². The van der Waals surface area contributed by atoms with E-state index in [4.69, 9.17) is 16.3 Å². The predicted octanol–water partition coefficient (Wildman–Crippen LogP) is 4.94. The van der Waals surface area contributed by atoms with Gasteiger partial charge in [-0.1, -0.05) is 43.7 Å². The third kappa shape index (κ3) is 3.36. The molecule has 0 aliphatic heterocycles. The van der Waals surface area contributed by atoms with Crippen LogP contribution in [0, 0.1) is 0 Å². The van der Waals surface area contributed by atoms with E-state index >= 15 is 0 Å². The number of nitrogens with zero attached hydrogens (tertiary/aromatic N) is 1. The minimum absolute atomic E-state index is 0.324. The van der Waals surface area contributed by atoms with E-state index in [1.165, 1.54) is 12.7 Å². The molecule has 0 atom stereocenters. The number of ether oxygens (including phenoxy) is 1. The van der Waals surface area contributed by atoms with Gasteiger partial charge in [-0.15, -0.1) is 11.6 Å². The lowest BCUT2D eigenvalue weighted by Crippen LogP contribution is -2.15. The number of hydrogen-bond acceptors (Lipinski definition) is 2. The molecule has 22 heavy (non-hydrogen) atoms. The van der Waals surface area contributed by atoms with Gasteiger partial charge in [0.05, 0.1) is 12.6 Å². The molecule has 0 saturated heterocycles. The fourth-order valence-electron chi connectivity index (χ4n) is 2.76. The Hall–Kier alpha value is -1.74. The van der Waals surface area contributed by atoms with Crippen LogP contribution in [0.15, 0.2) is 36.4 Å². The molecule has 2 aromatic rings. The van der Waals surface area contributed by atoms with Gasteiger partial charge in [-0.2, -0.15) is 0 Å². The normalized spacial score (nSPS) is 11.4. The zero-order valence-corrected chi connectivity index (χ0v) is 13.9. The zero-order chi connectivity index (χ0) is 15.9. The van der Waals surface area contributed by atoms with Crippen LogP contribution in [0.5, 0.6) is 0 Å². The predicted molar refractivity (Wildman–Crippen MR) is 91.9 cm³/mol. The van der Waals surface area contributed by atoms with Gasteiger partial charge < -0.3 is 4.74 Å². The van der Waals surface area contributed by atoms with E-state index in [1.807, 2.05) is 24.3 Å². The average Bonchev–Trinajstić information content (AvgIpc) is 2.86. The molecule has 0 amide bonds. The second-order valence-corrected chi connectivity index (χ2v) is 5.49. The molecule has 2 rings (SSSR count). The van der Waals surface area contributed by atoms with Crippen LogP contribution in [0.25, 0.3) is 10.9 Å². The molecular formula is C18H22ClNO2. The highest BCUT2D eigenvalue weighted by molar-refractivity contribution is 6.18. The topological polar surface area (TPSA) is 31.2 Å². The van der Waals surface area contributed by atoms with Gasteiger partial charge in [0.1, 0.15) is 0 Å². The SMILES string of the molecule is CCCCc1c(C/C=C/CCl)c2ccccc2n1C(=O)OC. The number of alkyl halides is 1. The van der Waals surface area contributed by atoms with Crippen molar-refractivity contribution in [3.63, 3.8) is 0 Å². The van der Waals surface area contributed by atoms with Gasteiger partial charge in [-0.25, -0.2) is 9.36 Å². The molecule has 0 saturated carbocycles. The molecule has 0 fully saturated rings. The number of benzene rings is 1. The van der Waals surface area contributed by atoms with Crippen molar-refractivity contribution in [2.24, 2.45) is 0 Å². The number of carbonyl (C=O) groups excluding carboxylic acids is 1. The number of allylic oxidation sites excluding steroid dienone is 2. The fourth-order valence-corrected chi connectivity index (χ4v) is 2.88. The molecule has 0 aliphatic rings. The molecule has 0 N–H and O–H groups in total. The van der Waals surface area contributed by atoms with Crippen LogP contribution in [-0.2, 0) is 17.6 Å². The van der Waals surface area contributed by atoms with Crippen molar-refractivity contribution in [3.8, 4) is 0 Å². The highest BCUT2D eigenvalue weighted by atomic mass is 35.5. The van der Waals surface area contributed by atoms with Gasteiger partial charge in [0.15, 0.2) is 0 Å². The summed E-state index contributed by atoms with van der Waals surface area (Å²) < 4.78 is 6.71. The molecule has 3 nitrogen and oxygen atoms in total. The van der Waals surface area contributed by atoms with Crippen molar-refractivity contribution in [3.05, 3.63) is 47.7 Å². The van der Waals surface area contributed by atoms with Crippen LogP contribution in [0.4, 0.5) is 4.79 Å². The molecule has 118 valence electrons. The Kier molecular flexibility index (Phi) is 6.08. The number of methoxy groups -OCH3 is 1. The van der Waals surface area contributed by atoms with Crippen LogP contribution in [0.3, 0.4) is 0 Å². The molecule has 4 heteroatoms. The summed E-state index contributed by atoms with van der Waals surface area (Å²) in [6.45, 7) is 2.15. The number of carbonyl (C=O) groups is 1. The maximum atomic E-state index is 12.3. The summed E-state index contributed by atoms with van der Waals surface area (Å²) >= 11 is 5.72. The molecule has 0 aliphatic carbocycles. The van der Waals surface area contributed by atoms with Crippen LogP contribution >= 0.6 is 11.6 Å². The van der Waals surface area contributed by atoms with Crippen molar-refractivity contribution in [2.45, 2.75) is 32.6 Å². The van der Waals surface area contributed by atoms with Gasteiger partial charge in [-0.3, -0.25) is 0 Å². The molecule has 0 radical (unpaired) electrons. The first-order valence-corrected chi connectivity index (χ1v) is 8.18. The van der Waals surface area contributed by atoms with Gasteiger partial charge in [0.2, 0.25) is 0 Å². The fraction of sp³-hybridized carbons (Fsp3) is 0.389.